The Kier molecular flexibility index (Phi) is 2.24. The van der Waals surface area contributed by atoms with E-state index in [-0.39, 0.29) is 0 Å². The van der Waals surface area contributed by atoms with Gasteiger partial charge in [0, 0.05) is 26.2 Å². The van der Waals surface area contributed by atoms with Crippen molar-refractivity contribution in [2.75, 3.05) is 26.2 Å². The lowest BCUT2D eigenvalue weighted by Crippen LogP contribution is -2.42. The van der Waals surface area contributed by atoms with Crippen molar-refractivity contribution in [3.8, 4) is 0 Å². The molecule has 0 aromatic carbocycles. The van der Waals surface area contributed by atoms with Crippen LogP contribution in [0.3, 0.4) is 0 Å². The molecule has 1 N–H and O–H groups in total. The minimum atomic E-state index is 1.02. The monoisotopic (exact) mass is 129 g/mol. The van der Waals surface area contributed by atoms with Gasteiger partial charge in [-0.1, -0.05) is 12.2 Å². The maximum Gasteiger partial charge on any atom is 0.137 e. The molecule has 0 saturated carbocycles. The van der Waals surface area contributed by atoms with Gasteiger partial charge in [-0.3, -0.25) is 0 Å². The highest BCUT2D eigenvalue weighted by Gasteiger charge is 2.03. The summed E-state index contributed by atoms with van der Waals surface area (Å²) in [6.07, 6.45) is 0. The molecule has 1 heterocycles. The van der Waals surface area contributed by atoms with Crippen LogP contribution < -0.4 is 5.32 Å². The van der Waals surface area contributed by atoms with Gasteiger partial charge in [0.25, 0.3) is 0 Å². The fraction of sp³-hybridized carbons (Fsp3) is 0.800. The number of hydrogen-bond acceptors (Lipinski definition) is 2. The molecule has 2 nitrogen and oxygen atoms in total. The van der Waals surface area contributed by atoms with E-state index >= 15 is 0 Å². The zero-order chi connectivity index (χ0) is 5.82. The molecule has 1 aliphatic rings. The molecular weight excluding hydrogens is 120 g/mol. The summed E-state index contributed by atoms with van der Waals surface area (Å²) in [5.74, 6) is 0. The molecule has 0 spiro atoms. The van der Waals surface area contributed by atoms with Gasteiger partial charge in [-0.05, 0) is 0 Å². The molecule has 45 valence electrons. The van der Waals surface area contributed by atoms with Crippen LogP contribution in [0.4, 0.5) is 0 Å². The lowest BCUT2D eigenvalue weighted by atomic mass is 10.4. The molecule has 1 radical (unpaired) electrons. The summed E-state index contributed by atoms with van der Waals surface area (Å²) in [6, 6.07) is 0. The smallest absolute Gasteiger partial charge is 0.137 e. The van der Waals surface area contributed by atoms with Gasteiger partial charge in [0.1, 0.15) is 5.49 Å². The summed E-state index contributed by atoms with van der Waals surface area (Å²) < 4.78 is 0. The fourth-order valence-corrected chi connectivity index (χ4v) is 0.939. The average Bonchev–Trinajstić information content (AvgIpc) is 1.90. The van der Waals surface area contributed by atoms with Gasteiger partial charge in [-0.15, -0.1) is 0 Å². The lowest BCUT2D eigenvalue weighted by molar-refractivity contribution is 0.370. The van der Waals surface area contributed by atoms with Crippen molar-refractivity contribution in [3.63, 3.8) is 0 Å². The van der Waals surface area contributed by atoms with Gasteiger partial charge in [0.2, 0.25) is 0 Å². The zero-order valence-electron chi connectivity index (χ0n) is 4.68. The summed E-state index contributed by atoms with van der Waals surface area (Å²) in [5.41, 5.74) is 2.68. The Morgan fingerprint density at radius 2 is 2.00 bits per heavy atom. The second-order valence-corrected chi connectivity index (χ2v) is 2.01. The molecule has 0 atom stereocenters. The molecular formula is C5H9N2S. The Morgan fingerprint density at radius 3 is 2.38 bits per heavy atom. The molecule has 1 rings (SSSR count). The van der Waals surface area contributed by atoms with Crippen molar-refractivity contribution in [1.82, 2.24) is 10.2 Å². The van der Waals surface area contributed by atoms with Crippen molar-refractivity contribution in [3.05, 3.63) is 0 Å². The van der Waals surface area contributed by atoms with E-state index in [9.17, 15) is 0 Å². The maximum absolute atomic E-state index is 4.62. The van der Waals surface area contributed by atoms with Gasteiger partial charge in [-0.2, -0.15) is 0 Å². The van der Waals surface area contributed by atoms with Gasteiger partial charge < -0.3 is 10.2 Å². The Balaban J connectivity index is 2.22. The summed E-state index contributed by atoms with van der Waals surface area (Å²) in [4.78, 5) is 2.02. The number of nitrogens with one attached hydrogen (secondary N) is 1. The molecule has 1 fully saturated rings. The Labute approximate surface area is 54.9 Å². The van der Waals surface area contributed by atoms with E-state index in [1.165, 1.54) is 0 Å². The first-order valence-electron chi connectivity index (χ1n) is 2.77. The third kappa shape index (κ3) is 1.42. The zero-order valence-corrected chi connectivity index (χ0v) is 5.50. The Morgan fingerprint density at radius 1 is 1.38 bits per heavy atom. The number of piperazine rings is 1. The van der Waals surface area contributed by atoms with Crippen molar-refractivity contribution in [2.24, 2.45) is 0 Å². The number of thiocarbonyl (C=S) groups is 1. The molecule has 1 aliphatic heterocycles. The normalized spacial score (nSPS) is 20.8. The Hall–Kier alpha value is -0.150. The van der Waals surface area contributed by atoms with Crippen LogP contribution in [0, 0.1) is 0 Å². The third-order valence-corrected chi connectivity index (χ3v) is 1.50. The van der Waals surface area contributed by atoms with E-state index in [0.717, 1.165) is 26.2 Å². The van der Waals surface area contributed by atoms with Gasteiger partial charge >= 0.3 is 0 Å². The SMILES string of the molecule is S=[C]N1CCNCC1. The van der Waals surface area contributed by atoms with Gasteiger partial charge in [0.15, 0.2) is 0 Å². The fourth-order valence-electron chi connectivity index (χ4n) is 0.756. The van der Waals surface area contributed by atoms with E-state index < -0.39 is 0 Å². The number of nitrogens with zero attached hydrogens (tertiary/aromatic N) is 1. The first kappa shape index (κ1) is 5.98. The molecule has 3 heteroatoms. The van der Waals surface area contributed by atoms with Crippen LogP contribution in [0.1, 0.15) is 0 Å². The van der Waals surface area contributed by atoms with Crippen LogP contribution in [-0.2, 0) is 0 Å². The minimum absolute atomic E-state index is 1.02. The summed E-state index contributed by atoms with van der Waals surface area (Å²) in [6.45, 7) is 4.13. The number of hydrogen-bond donors (Lipinski definition) is 1. The first-order valence-corrected chi connectivity index (χ1v) is 3.18. The van der Waals surface area contributed by atoms with E-state index in [0.29, 0.717) is 0 Å². The van der Waals surface area contributed by atoms with Crippen LogP contribution in [0.2, 0.25) is 0 Å². The van der Waals surface area contributed by atoms with Crippen LogP contribution in [-0.4, -0.2) is 36.6 Å². The predicted octanol–water partition coefficient (Wildman–Crippen LogP) is -0.274. The van der Waals surface area contributed by atoms with Crippen molar-refractivity contribution >= 4 is 17.7 Å². The summed E-state index contributed by atoms with van der Waals surface area (Å²) >= 11 is 4.62. The van der Waals surface area contributed by atoms with Crippen LogP contribution in [0.25, 0.3) is 0 Å². The van der Waals surface area contributed by atoms with E-state index in [4.69, 9.17) is 0 Å². The quantitative estimate of drug-likeness (QED) is 0.490. The summed E-state index contributed by atoms with van der Waals surface area (Å²) in [5, 5.41) is 3.22. The minimum Gasteiger partial charge on any atom is -0.358 e. The highest BCUT2D eigenvalue weighted by Crippen LogP contribution is 1.85. The maximum atomic E-state index is 4.62. The molecule has 0 aromatic rings. The Bertz CT molecular complexity index is 78.5. The van der Waals surface area contributed by atoms with Crippen LogP contribution >= 0.6 is 12.2 Å². The van der Waals surface area contributed by atoms with Crippen molar-refractivity contribution in [1.29, 1.82) is 0 Å². The molecule has 0 unspecified atom stereocenters. The number of rotatable bonds is 1. The topological polar surface area (TPSA) is 15.3 Å². The molecule has 0 bridgehead atoms. The van der Waals surface area contributed by atoms with E-state index in [1.807, 2.05) is 4.90 Å². The second-order valence-electron chi connectivity index (χ2n) is 1.83. The highest BCUT2D eigenvalue weighted by atomic mass is 32.1. The van der Waals surface area contributed by atoms with Crippen LogP contribution in [0.15, 0.2) is 0 Å². The largest absolute Gasteiger partial charge is 0.358 e. The van der Waals surface area contributed by atoms with E-state index in [1.54, 1.807) is 0 Å². The first-order chi connectivity index (χ1) is 3.93. The predicted molar refractivity (Wildman–Crippen MR) is 37.0 cm³/mol. The van der Waals surface area contributed by atoms with E-state index in [2.05, 4.69) is 23.0 Å². The third-order valence-electron chi connectivity index (χ3n) is 1.25. The molecule has 8 heavy (non-hydrogen) atoms. The average molecular weight is 129 g/mol. The molecule has 0 aliphatic carbocycles. The van der Waals surface area contributed by atoms with Crippen molar-refractivity contribution in [2.45, 2.75) is 0 Å². The second kappa shape index (κ2) is 2.99. The van der Waals surface area contributed by atoms with Crippen LogP contribution in [0.5, 0.6) is 0 Å². The molecule has 0 amide bonds. The summed E-state index contributed by atoms with van der Waals surface area (Å²) in [7, 11) is 0. The lowest BCUT2D eigenvalue weighted by Gasteiger charge is -2.23. The standard InChI is InChI=1S/C5H9N2S/c8-5-7-3-1-6-2-4-7/h6H,1-4H2. The van der Waals surface area contributed by atoms with Crippen molar-refractivity contribution < 1.29 is 0 Å². The van der Waals surface area contributed by atoms with Gasteiger partial charge in [0.05, 0.1) is 0 Å². The highest BCUT2D eigenvalue weighted by molar-refractivity contribution is 7.78. The van der Waals surface area contributed by atoms with Gasteiger partial charge in [-0.25, -0.2) is 0 Å². The molecule has 1 saturated heterocycles. The molecule has 0 aromatic heterocycles.